The fraction of sp³-hybridized carbons (Fsp3) is 0.440. The fourth-order valence-corrected chi connectivity index (χ4v) is 5.59. The first kappa shape index (κ1) is 23.2. The van der Waals surface area contributed by atoms with Crippen molar-refractivity contribution in [1.29, 1.82) is 0 Å². The quantitative estimate of drug-likeness (QED) is 0.363. The number of methoxy groups -OCH3 is 1. The number of alkyl halides is 2. The normalized spacial score (nSPS) is 21.3. The summed E-state index contributed by atoms with van der Waals surface area (Å²) in [6, 6.07) is 9.65. The van der Waals surface area contributed by atoms with Crippen LogP contribution in [0.3, 0.4) is 0 Å². The van der Waals surface area contributed by atoms with Crippen molar-refractivity contribution in [1.82, 2.24) is 9.55 Å². The molecule has 0 N–H and O–H groups in total. The molecule has 2 aromatic carbocycles. The lowest BCUT2D eigenvalue weighted by atomic mass is 9.91. The second kappa shape index (κ2) is 8.91. The summed E-state index contributed by atoms with van der Waals surface area (Å²) in [6.45, 7) is 0. The van der Waals surface area contributed by atoms with Crippen molar-refractivity contribution in [3.05, 3.63) is 52.5 Å². The van der Waals surface area contributed by atoms with E-state index in [1.165, 1.54) is 19.2 Å². The molecule has 2 heterocycles. The lowest BCUT2D eigenvalue weighted by Gasteiger charge is -2.37. The van der Waals surface area contributed by atoms with Crippen molar-refractivity contribution in [2.45, 2.75) is 63.0 Å². The van der Waals surface area contributed by atoms with Gasteiger partial charge in [-0.3, -0.25) is 4.79 Å². The third-order valence-electron chi connectivity index (χ3n) is 6.89. The molecule has 1 aromatic heterocycles. The van der Waals surface area contributed by atoms with Crippen LogP contribution in [0.1, 0.15) is 62.9 Å². The Kier molecular flexibility index (Phi) is 6.08. The molecule has 1 atom stereocenters. The highest BCUT2D eigenvalue weighted by atomic mass is 79.9. The Bertz CT molecular complexity index is 1240. The number of nitrogens with zero attached hydrogens (tertiary/aromatic N) is 3. The highest BCUT2D eigenvalue weighted by Crippen LogP contribution is 2.44. The summed E-state index contributed by atoms with van der Waals surface area (Å²) >= 11 is 3.49. The average Bonchev–Trinajstić information content (AvgIpc) is 3.17. The standard InChI is InChI=1S/C25H25BrF3N3O2/c1-34-22-8-6-17(14-18(22)27)31-21(3-2-4-23(31)33)24-30-19-13-15(26)5-7-20(19)32(24)16-9-11-25(28,29)12-10-16/h5-8,13-14,16,21H,2-4,9-12H2,1H3. The van der Waals surface area contributed by atoms with E-state index < -0.39 is 17.8 Å². The molecule has 0 bridgehead atoms. The topological polar surface area (TPSA) is 47.4 Å². The van der Waals surface area contributed by atoms with E-state index in [2.05, 4.69) is 15.9 Å². The number of halogens is 4. The van der Waals surface area contributed by atoms with E-state index in [0.717, 1.165) is 15.5 Å². The smallest absolute Gasteiger partial charge is 0.248 e. The Morgan fingerprint density at radius 1 is 1.12 bits per heavy atom. The number of piperidine rings is 1. The van der Waals surface area contributed by atoms with E-state index in [4.69, 9.17) is 9.72 Å². The van der Waals surface area contributed by atoms with Gasteiger partial charge in [-0.2, -0.15) is 0 Å². The number of imidazole rings is 1. The Morgan fingerprint density at radius 2 is 1.88 bits per heavy atom. The van der Waals surface area contributed by atoms with Gasteiger partial charge in [0.05, 0.1) is 24.2 Å². The van der Waals surface area contributed by atoms with Crippen LogP contribution in [-0.2, 0) is 4.79 Å². The van der Waals surface area contributed by atoms with Crippen LogP contribution in [0.15, 0.2) is 40.9 Å². The van der Waals surface area contributed by atoms with E-state index >= 15 is 0 Å². The van der Waals surface area contributed by atoms with Crippen LogP contribution in [0.2, 0.25) is 0 Å². The first-order valence-corrected chi connectivity index (χ1v) is 12.3. The Hall–Kier alpha value is -2.55. The van der Waals surface area contributed by atoms with Gasteiger partial charge < -0.3 is 14.2 Å². The number of carbonyl (C=O) groups excluding carboxylic acids is 1. The number of benzene rings is 2. The maximum atomic E-state index is 14.6. The third-order valence-corrected chi connectivity index (χ3v) is 7.38. The van der Waals surface area contributed by atoms with Crippen LogP contribution in [-0.4, -0.2) is 28.5 Å². The van der Waals surface area contributed by atoms with E-state index in [-0.39, 0.29) is 30.5 Å². The first-order chi connectivity index (χ1) is 16.3. The van der Waals surface area contributed by atoms with Gasteiger partial charge >= 0.3 is 0 Å². The molecule has 1 amide bonds. The number of carbonyl (C=O) groups is 1. The number of amides is 1. The minimum absolute atomic E-state index is 0.102. The number of ether oxygens (including phenoxy) is 1. The summed E-state index contributed by atoms with van der Waals surface area (Å²) in [4.78, 5) is 19.6. The molecular weight excluding hydrogens is 511 g/mol. The van der Waals surface area contributed by atoms with Gasteiger partial charge in [0.1, 0.15) is 5.82 Å². The molecule has 9 heteroatoms. The van der Waals surface area contributed by atoms with E-state index in [0.29, 0.717) is 43.6 Å². The predicted molar refractivity (Wildman–Crippen MR) is 127 cm³/mol. The molecule has 1 saturated carbocycles. The van der Waals surface area contributed by atoms with E-state index in [1.54, 1.807) is 11.0 Å². The second-order valence-corrected chi connectivity index (χ2v) is 9.97. The molecule has 1 aliphatic carbocycles. The lowest BCUT2D eigenvalue weighted by molar-refractivity contribution is -0.120. The lowest BCUT2D eigenvalue weighted by Crippen LogP contribution is -2.40. The predicted octanol–water partition coefficient (Wildman–Crippen LogP) is 6.96. The van der Waals surface area contributed by atoms with Crippen LogP contribution < -0.4 is 9.64 Å². The highest BCUT2D eigenvalue weighted by molar-refractivity contribution is 9.10. The van der Waals surface area contributed by atoms with Gasteiger partial charge in [-0.05, 0) is 56.0 Å². The molecule has 5 rings (SSSR count). The van der Waals surface area contributed by atoms with Gasteiger partial charge in [-0.1, -0.05) is 15.9 Å². The monoisotopic (exact) mass is 535 g/mol. The first-order valence-electron chi connectivity index (χ1n) is 11.5. The summed E-state index contributed by atoms with van der Waals surface area (Å²) in [5.74, 6) is -2.55. The minimum atomic E-state index is -2.65. The largest absolute Gasteiger partial charge is 0.494 e. The van der Waals surface area contributed by atoms with E-state index in [1.807, 2.05) is 22.8 Å². The summed E-state index contributed by atoms with van der Waals surface area (Å²) in [6.07, 6.45) is 1.99. The zero-order valence-corrected chi connectivity index (χ0v) is 20.3. The fourth-order valence-electron chi connectivity index (χ4n) is 5.24. The Labute approximate surface area is 204 Å². The van der Waals surface area contributed by atoms with Gasteiger partial charge in [-0.25, -0.2) is 18.2 Å². The second-order valence-electron chi connectivity index (χ2n) is 9.05. The Balaban J connectivity index is 1.63. The van der Waals surface area contributed by atoms with Crippen molar-refractivity contribution in [2.75, 3.05) is 12.0 Å². The number of hydrogen-bond donors (Lipinski definition) is 0. The number of aromatic nitrogens is 2. The van der Waals surface area contributed by atoms with Crippen LogP contribution in [0.25, 0.3) is 11.0 Å². The van der Waals surface area contributed by atoms with Crippen molar-refractivity contribution < 1.29 is 22.7 Å². The summed E-state index contributed by atoms with van der Waals surface area (Å²) in [5, 5.41) is 0. The molecule has 34 heavy (non-hydrogen) atoms. The molecule has 1 saturated heterocycles. The third kappa shape index (κ3) is 4.19. The van der Waals surface area contributed by atoms with Crippen LogP contribution in [0, 0.1) is 5.82 Å². The molecule has 5 nitrogen and oxygen atoms in total. The van der Waals surface area contributed by atoms with Crippen LogP contribution >= 0.6 is 15.9 Å². The zero-order valence-electron chi connectivity index (χ0n) is 18.7. The average molecular weight is 536 g/mol. The molecule has 0 spiro atoms. The van der Waals surface area contributed by atoms with Crippen LogP contribution in [0.4, 0.5) is 18.9 Å². The van der Waals surface area contributed by atoms with Crippen molar-refractivity contribution in [3.63, 3.8) is 0 Å². The van der Waals surface area contributed by atoms with Crippen molar-refractivity contribution in [3.8, 4) is 5.75 Å². The summed E-state index contributed by atoms with van der Waals surface area (Å²) in [7, 11) is 1.39. The van der Waals surface area contributed by atoms with Gasteiger partial charge in [0.15, 0.2) is 11.6 Å². The number of anilines is 1. The molecule has 2 fully saturated rings. The molecule has 180 valence electrons. The van der Waals surface area contributed by atoms with E-state index in [9.17, 15) is 18.0 Å². The number of fused-ring (bicyclic) bond motifs is 1. The molecule has 0 radical (unpaired) electrons. The SMILES string of the molecule is COc1ccc(N2C(=O)CCCC2c2nc3cc(Br)ccc3n2C2CCC(F)(F)CC2)cc1F. The Morgan fingerprint density at radius 3 is 2.59 bits per heavy atom. The highest BCUT2D eigenvalue weighted by Gasteiger charge is 2.39. The van der Waals surface area contributed by atoms with Crippen molar-refractivity contribution >= 4 is 38.6 Å². The maximum Gasteiger partial charge on any atom is 0.248 e. The van der Waals surface area contributed by atoms with Gasteiger partial charge in [0.25, 0.3) is 0 Å². The summed E-state index contributed by atoms with van der Waals surface area (Å²) in [5.41, 5.74) is 2.02. The molecule has 2 aliphatic rings. The van der Waals surface area contributed by atoms with Crippen LogP contribution in [0.5, 0.6) is 5.75 Å². The maximum absolute atomic E-state index is 14.6. The van der Waals surface area contributed by atoms with Gasteiger partial charge in [0, 0.05) is 41.5 Å². The van der Waals surface area contributed by atoms with Gasteiger partial charge in [0.2, 0.25) is 11.8 Å². The number of hydrogen-bond acceptors (Lipinski definition) is 3. The van der Waals surface area contributed by atoms with Crippen molar-refractivity contribution in [2.24, 2.45) is 0 Å². The van der Waals surface area contributed by atoms with Gasteiger partial charge in [-0.15, -0.1) is 0 Å². The molecular formula is C25H25BrF3N3O2. The summed E-state index contributed by atoms with van der Waals surface area (Å²) < 4.78 is 50.4. The minimum Gasteiger partial charge on any atom is -0.494 e. The molecule has 3 aromatic rings. The number of rotatable bonds is 4. The molecule has 1 unspecified atom stereocenters. The zero-order chi connectivity index (χ0) is 24.0. The molecule has 1 aliphatic heterocycles.